The van der Waals surface area contributed by atoms with Gasteiger partial charge in [-0.2, -0.15) is 0 Å². The van der Waals surface area contributed by atoms with Crippen molar-refractivity contribution in [1.82, 2.24) is 15.5 Å². The van der Waals surface area contributed by atoms with Crippen molar-refractivity contribution in [3.63, 3.8) is 0 Å². The third-order valence-corrected chi connectivity index (χ3v) is 3.65. The van der Waals surface area contributed by atoms with E-state index >= 15 is 0 Å². The zero-order chi connectivity index (χ0) is 13.8. The van der Waals surface area contributed by atoms with Crippen molar-refractivity contribution in [2.24, 2.45) is 0 Å². The minimum atomic E-state index is -0.0804. The molecular weight excluding hydrogens is 258 g/mol. The fourth-order valence-corrected chi connectivity index (χ4v) is 2.33. The van der Waals surface area contributed by atoms with Crippen molar-refractivity contribution in [3.8, 4) is 0 Å². The number of aryl methyl sites for hydroxylation is 1. The monoisotopic (exact) mass is 275 g/mol. The van der Waals surface area contributed by atoms with Crippen LogP contribution in [0.15, 0.2) is 24.3 Å². The van der Waals surface area contributed by atoms with Gasteiger partial charge in [-0.15, -0.1) is 10.2 Å². The van der Waals surface area contributed by atoms with E-state index in [-0.39, 0.29) is 5.91 Å². The van der Waals surface area contributed by atoms with E-state index in [0.717, 1.165) is 10.0 Å². The van der Waals surface area contributed by atoms with E-state index in [9.17, 15) is 4.79 Å². The highest BCUT2D eigenvalue weighted by molar-refractivity contribution is 7.11. The van der Waals surface area contributed by atoms with Crippen LogP contribution in [0.5, 0.6) is 0 Å². The van der Waals surface area contributed by atoms with Gasteiger partial charge in [-0.25, -0.2) is 0 Å². The van der Waals surface area contributed by atoms with Gasteiger partial charge in [0.05, 0.1) is 6.54 Å². The predicted octanol–water partition coefficient (Wildman–Crippen LogP) is 2.90. The van der Waals surface area contributed by atoms with Gasteiger partial charge in [0.15, 0.2) is 0 Å². The number of carbonyl (C=O) groups is 1. The number of hydrogen-bond acceptors (Lipinski definition) is 4. The van der Waals surface area contributed by atoms with Crippen LogP contribution in [0.2, 0.25) is 0 Å². The van der Waals surface area contributed by atoms with Crippen LogP contribution in [0, 0.1) is 6.92 Å². The lowest BCUT2D eigenvalue weighted by Crippen LogP contribution is -2.22. The Balaban J connectivity index is 1.96. The summed E-state index contributed by atoms with van der Waals surface area (Å²) in [5.74, 6) is 0.393. The Bertz CT molecular complexity index is 560. The summed E-state index contributed by atoms with van der Waals surface area (Å²) < 4.78 is 0. The van der Waals surface area contributed by atoms with Crippen LogP contribution in [-0.4, -0.2) is 16.1 Å². The van der Waals surface area contributed by atoms with E-state index in [1.54, 1.807) is 0 Å². The second kappa shape index (κ2) is 5.93. The van der Waals surface area contributed by atoms with Gasteiger partial charge in [0.25, 0.3) is 5.91 Å². The summed E-state index contributed by atoms with van der Waals surface area (Å²) in [4.78, 5) is 12.0. The molecule has 19 heavy (non-hydrogen) atoms. The first-order valence-corrected chi connectivity index (χ1v) is 7.05. The van der Waals surface area contributed by atoms with E-state index < -0.39 is 0 Å². The number of hydrogen-bond donors (Lipinski definition) is 1. The summed E-state index contributed by atoms with van der Waals surface area (Å²) in [6.07, 6.45) is 0. The maximum atomic E-state index is 12.0. The van der Waals surface area contributed by atoms with Crippen molar-refractivity contribution >= 4 is 17.2 Å². The smallest absolute Gasteiger partial charge is 0.251 e. The highest BCUT2D eigenvalue weighted by atomic mass is 32.1. The molecule has 0 aliphatic heterocycles. The molecule has 1 heterocycles. The molecular formula is C14H17N3OS. The van der Waals surface area contributed by atoms with E-state index in [1.165, 1.54) is 16.9 Å². The van der Waals surface area contributed by atoms with Crippen LogP contribution in [0.1, 0.15) is 45.7 Å². The summed E-state index contributed by atoms with van der Waals surface area (Å²) in [5.41, 5.74) is 1.90. The second-order valence-corrected chi connectivity index (χ2v) is 5.94. The highest BCUT2D eigenvalue weighted by Crippen LogP contribution is 2.14. The maximum absolute atomic E-state index is 12.0. The molecule has 0 fully saturated rings. The summed E-state index contributed by atoms with van der Waals surface area (Å²) in [7, 11) is 0. The zero-order valence-electron chi connectivity index (χ0n) is 11.3. The molecule has 0 radical (unpaired) electrons. The van der Waals surface area contributed by atoms with Crippen LogP contribution in [0.3, 0.4) is 0 Å². The number of rotatable bonds is 4. The molecule has 0 saturated carbocycles. The molecule has 1 amide bonds. The number of carbonyl (C=O) groups excluding carboxylic acids is 1. The minimum Gasteiger partial charge on any atom is -0.345 e. The van der Waals surface area contributed by atoms with Crippen LogP contribution in [-0.2, 0) is 6.54 Å². The zero-order valence-corrected chi connectivity index (χ0v) is 12.1. The molecule has 4 nitrogen and oxygen atoms in total. The molecule has 0 saturated heterocycles. The minimum absolute atomic E-state index is 0.0804. The molecule has 0 aliphatic rings. The maximum Gasteiger partial charge on any atom is 0.251 e. The Kier molecular flexibility index (Phi) is 4.27. The van der Waals surface area contributed by atoms with Crippen molar-refractivity contribution in [2.45, 2.75) is 33.2 Å². The summed E-state index contributed by atoms with van der Waals surface area (Å²) >= 11 is 1.49. The molecule has 2 rings (SSSR count). The molecule has 0 aliphatic carbocycles. The lowest BCUT2D eigenvalue weighted by Gasteiger charge is -2.07. The van der Waals surface area contributed by atoms with Crippen molar-refractivity contribution in [1.29, 1.82) is 0 Å². The van der Waals surface area contributed by atoms with E-state index in [4.69, 9.17) is 0 Å². The van der Waals surface area contributed by atoms with Crippen molar-refractivity contribution in [3.05, 3.63) is 45.4 Å². The normalized spacial score (nSPS) is 10.7. The Morgan fingerprint density at radius 2 is 1.95 bits per heavy atom. The van der Waals surface area contributed by atoms with Gasteiger partial charge in [-0.1, -0.05) is 37.3 Å². The third kappa shape index (κ3) is 3.61. The number of amides is 1. The van der Waals surface area contributed by atoms with Crippen LogP contribution < -0.4 is 5.32 Å². The Hall–Kier alpha value is -1.75. The molecule has 0 atom stereocenters. The van der Waals surface area contributed by atoms with Gasteiger partial charge in [0.2, 0.25) is 0 Å². The van der Waals surface area contributed by atoms with E-state index in [1.807, 2.05) is 31.2 Å². The molecule has 2 aromatic rings. The molecule has 1 N–H and O–H groups in total. The summed E-state index contributed by atoms with van der Waals surface area (Å²) in [6, 6.07) is 7.70. The summed E-state index contributed by atoms with van der Waals surface area (Å²) in [6.45, 7) is 6.59. The van der Waals surface area contributed by atoms with Gasteiger partial charge in [0, 0.05) is 5.56 Å². The van der Waals surface area contributed by atoms with Gasteiger partial charge < -0.3 is 5.32 Å². The predicted molar refractivity (Wildman–Crippen MR) is 76.3 cm³/mol. The second-order valence-electron chi connectivity index (χ2n) is 4.67. The number of benzene rings is 1. The molecule has 1 aromatic heterocycles. The highest BCUT2D eigenvalue weighted by Gasteiger charge is 2.07. The van der Waals surface area contributed by atoms with Gasteiger partial charge in [-0.05, 0) is 30.5 Å². The molecule has 0 spiro atoms. The lowest BCUT2D eigenvalue weighted by molar-refractivity contribution is 0.0951. The standard InChI is InChI=1S/C14H17N3OS/c1-9(2)11-4-6-12(7-5-11)14(18)15-8-13-17-16-10(3)19-13/h4-7,9H,8H2,1-3H3,(H,15,18). The van der Waals surface area contributed by atoms with Gasteiger partial charge >= 0.3 is 0 Å². The van der Waals surface area contributed by atoms with Gasteiger partial charge in [-0.3, -0.25) is 4.79 Å². The fourth-order valence-electron chi connectivity index (χ4n) is 1.69. The van der Waals surface area contributed by atoms with Crippen molar-refractivity contribution in [2.75, 3.05) is 0 Å². The van der Waals surface area contributed by atoms with E-state index in [0.29, 0.717) is 18.0 Å². The Labute approximate surface area is 116 Å². The van der Waals surface area contributed by atoms with Gasteiger partial charge in [0.1, 0.15) is 10.0 Å². The first kappa shape index (κ1) is 13.7. The number of nitrogens with zero attached hydrogens (tertiary/aromatic N) is 2. The molecule has 0 bridgehead atoms. The Morgan fingerprint density at radius 1 is 1.26 bits per heavy atom. The lowest BCUT2D eigenvalue weighted by atomic mass is 10.0. The largest absolute Gasteiger partial charge is 0.345 e. The van der Waals surface area contributed by atoms with Crippen LogP contribution in [0.4, 0.5) is 0 Å². The molecule has 5 heteroatoms. The van der Waals surface area contributed by atoms with Crippen LogP contribution in [0.25, 0.3) is 0 Å². The van der Waals surface area contributed by atoms with Crippen LogP contribution >= 0.6 is 11.3 Å². The number of aromatic nitrogens is 2. The average molecular weight is 275 g/mol. The first-order valence-electron chi connectivity index (χ1n) is 6.23. The first-order chi connectivity index (χ1) is 9.06. The fraction of sp³-hybridized carbons (Fsp3) is 0.357. The molecule has 1 aromatic carbocycles. The van der Waals surface area contributed by atoms with Crippen molar-refractivity contribution < 1.29 is 4.79 Å². The SMILES string of the molecule is Cc1nnc(CNC(=O)c2ccc(C(C)C)cc2)s1. The molecule has 0 unspecified atom stereocenters. The average Bonchev–Trinajstić information content (AvgIpc) is 2.82. The molecule has 100 valence electrons. The third-order valence-electron chi connectivity index (χ3n) is 2.81. The Morgan fingerprint density at radius 3 is 2.47 bits per heavy atom. The van der Waals surface area contributed by atoms with E-state index in [2.05, 4.69) is 29.4 Å². The summed E-state index contributed by atoms with van der Waals surface area (Å²) in [5, 5.41) is 12.5. The topological polar surface area (TPSA) is 54.9 Å². The quantitative estimate of drug-likeness (QED) is 0.933. The number of nitrogens with one attached hydrogen (secondary N) is 1.